The summed E-state index contributed by atoms with van der Waals surface area (Å²) < 4.78 is 0. The average Bonchev–Trinajstić information content (AvgIpc) is 3.23. The average molecular weight is 316 g/mol. The first-order valence-corrected chi connectivity index (χ1v) is 7.77. The molecule has 0 bridgehead atoms. The predicted octanol–water partition coefficient (Wildman–Crippen LogP) is 0.402. The molecule has 3 rings (SSSR count). The number of nitrogens with zero attached hydrogens (tertiary/aromatic N) is 2. The van der Waals surface area contributed by atoms with E-state index in [1.54, 1.807) is 0 Å². The number of hydrogen-bond acceptors (Lipinski definition) is 5. The molecular weight excluding hydrogens is 296 g/mol. The van der Waals surface area contributed by atoms with Gasteiger partial charge in [0.25, 0.3) is 5.91 Å². The molecule has 0 unspecified atom stereocenters. The lowest BCUT2D eigenvalue weighted by Crippen LogP contribution is -2.45. The zero-order valence-corrected chi connectivity index (χ0v) is 12.8. The third kappa shape index (κ3) is 3.44. The van der Waals surface area contributed by atoms with Gasteiger partial charge in [-0.3, -0.25) is 9.59 Å². The summed E-state index contributed by atoms with van der Waals surface area (Å²) in [7, 11) is 0. The van der Waals surface area contributed by atoms with Gasteiger partial charge >= 0.3 is 0 Å². The quantitative estimate of drug-likeness (QED) is 0.822. The van der Waals surface area contributed by atoms with Gasteiger partial charge in [-0.25, -0.2) is 0 Å². The maximum absolute atomic E-state index is 12.5. The summed E-state index contributed by atoms with van der Waals surface area (Å²) in [5.41, 5.74) is 6.43. The lowest BCUT2D eigenvalue weighted by Gasteiger charge is -2.26. The summed E-state index contributed by atoms with van der Waals surface area (Å²) in [4.78, 5) is 30.7. The van der Waals surface area contributed by atoms with Crippen LogP contribution in [-0.4, -0.2) is 42.8 Å². The Morgan fingerprint density at radius 1 is 1.35 bits per heavy atom. The van der Waals surface area contributed by atoms with E-state index in [-0.39, 0.29) is 23.8 Å². The maximum atomic E-state index is 12.5. The highest BCUT2D eigenvalue weighted by Gasteiger charge is 2.32. The monoisotopic (exact) mass is 316 g/mol. The molecule has 1 aromatic carbocycles. The third-order valence-electron chi connectivity index (χ3n) is 4.16. The lowest BCUT2D eigenvalue weighted by atomic mass is 10.1. The van der Waals surface area contributed by atoms with E-state index in [4.69, 9.17) is 10.6 Å². The maximum Gasteiger partial charge on any atom is 0.266 e. The number of anilines is 1. The van der Waals surface area contributed by atoms with Crippen molar-refractivity contribution in [3.8, 4) is 0 Å². The minimum Gasteiger partial charge on any atom is -0.390 e. The van der Waals surface area contributed by atoms with Crippen molar-refractivity contribution >= 4 is 23.2 Å². The minimum absolute atomic E-state index is 0.0255. The van der Waals surface area contributed by atoms with Crippen LogP contribution in [0.4, 0.5) is 5.69 Å². The molecule has 0 radical (unpaired) electrons. The molecule has 23 heavy (non-hydrogen) atoms. The number of carbonyl (C=O) groups is 2. The number of hydrogen-bond donors (Lipinski definition) is 2. The molecule has 2 aliphatic rings. The number of benzene rings is 1. The van der Waals surface area contributed by atoms with Crippen LogP contribution in [-0.2, 0) is 14.4 Å². The summed E-state index contributed by atoms with van der Waals surface area (Å²) in [6.45, 7) is 1.19. The molecular formula is C16H20N4O3. The lowest BCUT2D eigenvalue weighted by molar-refractivity contribution is -0.122. The van der Waals surface area contributed by atoms with E-state index < -0.39 is 5.91 Å². The second-order valence-electron chi connectivity index (χ2n) is 5.77. The van der Waals surface area contributed by atoms with Gasteiger partial charge in [0, 0.05) is 18.7 Å². The summed E-state index contributed by atoms with van der Waals surface area (Å²) in [6.07, 6.45) is 1.83. The van der Waals surface area contributed by atoms with Crippen LogP contribution < -0.4 is 16.0 Å². The van der Waals surface area contributed by atoms with E-state index in [0.717, 1.165) is 25.1 Å². The number of nitrogens with one attached hydrogen (secondary N) is 1. The Bertz CT molecular complexity index is 617. The van der Waals surface area contributed by atoms with Gasteiger partial charge in [0.2, 0.25) is 5.91 Å². The molecule has 2 amide bonds. The molecule has 7 nitrogen and oxygen atoms in total. The SMILES string of the molecule is NC(=O)C1=NO[C@H](CNC(=O)[C@H]2CCCN2c2ccccc2)C1. The van der Waals surface area contributed by atoms with Crippen LogP contribution in [0, 0.1) is 0 Å². The van der Waals surface area contributed by atoms with E-state index in [9.17, 15) is 9.59 Å². The fraction of sp³-hybridized carbons (Fsp3) is 0.438. The fourth-order valence-electron chi connectivity index (χ4n) is 2.98. The van der Waals surface area contributed by atoms with Gasteiger partial charge in [-0.2, -0.15) is 0 Å². The molecule has 1 saturated heterocycles. The second-order valence-corrected chi connectivity index (χ2v) is 5.77. The Labute approximate surface area is 134 Å². The van der Waals surface area contributed by atoms with Crippen LogP contribution in [0.25, 0.3) is 0 Å². The molecule has 1 fully saturated rings. The zero-order chi connectivity index (χ0) is 16.2. The number of nitrogens with two attached hydrogens (primary N) is 1. The Balaban J connectivity index is 1.53. The van der Waals surface area contributed by atoms with Crippen molar-refractivity contribution in [2.75, 3.05) is 18.0 Å². The van der Waals surface area contributed by atoms with E-state index in [1.807, 2.05) is 30.3 Å². The van der Waals surface area contributed by atoms with Crippen molar-refractivity contribution in [2.45, 2.75) is 31.4 Å². The molecule has 7 heteroatoms. The van der Waals surface area contributed by atoms with Crippen molar-refractivity contribution in [3.05, 3.63) is 30.3 Å². The predicted molar refractivity (Wildman–Crippen MR) is 85.9 cm³/mol. The van der Waals surface area contributed by atoms with Gasteiger partial charge in [0.1, 0.15) is 11.8 Å². The summed E-state index contributed by atoms with van der Waals surface area (Å²) in [5, 5.41) is 6.53. The van der Waals surface area contributed by atoms with Crippen LogP contribution in [0.1, 0.15) is 19.3 Å². The smallest absolute Gasteiger partial charge is 0.266 e. The Kier molecular flexibility index (Phi) is 4.45. The van der Waals surface area contributed by atoms with Crippen molar-refractivity contribution in [1.29, 1.82) is 0 Å². The van der Waals surface area contributed by atoms with Gasteiger partial charge in [-0.1, -0.05) is 23.4 Å². The third-order valence-corrected chi connectivity index (χ3v) is 4.16. The number of amides is 2. The second kappa shape index (κ2) is 6.68. The van der Waals surface area contributed by atoms with Gasteiger partial charge in [-0.05, 0) is 25.0 Å². The molecule has 0 aromatic heterocycles. The zero-order valence-electron chi connectivity index (χ0n) is 12.8. The van der Waals surface area contributed by atoms with Crippen LogP contribution in [0.15, 0.2) is 35.5 Å². The molecule has 1 aromatic rings. The first-order valence-electron chi connectivity index (χ1n) is 7.77. The Morgan fingerprint density at radius 3 is 2.83 bits per heavy atom. The highest BCUT2D eigenvalue weighted by molar-refractivity contribution is 6.38. The molecule has 0 saturated carbocycles. The summed E-state index contributed by atoms with van der Waals surface area (Å²) in [5.74, 6) is -0.604. The summed E-state index contributed by atoms with van der Waals surface area (Å²) >= 11 is 0. The number of primary amides is 1. The summed E-state index contributed by atoms with van der Waals surface area (Å²) in [6, 6.07) is 9.75. The van der Waals surface area contributed by atoms with Crippen LogP contribution >= 0.6 is 0 Å². The highest BCUT2D eigenvalue weighted by Crippen LogP contribution is 2.25. The first kappa shape index (κ1) is 15.3. The normalized spacial score (nSPS) is 23.3. The molecule has 2 aliphatic heterocycles. The van der Waals surface area contributed by atoms with Gasteiger partial charge < -0.3 is 20.8 Å². The van der Waals surface area contributed by atoms with Gasteiger partial charge in [0.05, 0.1) is 6.54 Å². The van der Waals surface area contributed by atoms with Crippen LogP contribution in [0.5, 0.6) is 0 Å². The van der Waals surface area contributed by atoms with Crippen molar-refractivity contribution in [2.24, 2.45) is 10.9 Å². The Hall–Kier alpha value is -2.57. The largest absolute Gasteiger partial charge is 0.390 e. The van der Waals surface area contributed by atoms with E-state index in [0.29, 0.717) is 13.0 Å². The highest BCUT2D eigenvalue weighted by atomic mass is 16.6. The van der Waals surface area contributed by atoms with Gasteiger partial charge in [0.15, 0.2) is 6.10 Å². The molecule has 2 heterocycles. The van der Waals surface area contributed by atoms with Crippen molar-refractivity contribution < 1.29 is 14.4 Å². The number of carbonyl (C=O) groups excluding carboxylic acids is 2. The Morgan fingerprint density at radius 2 is 2.13 bits per heavy atom. The van der Waals surface area contributed by atoms with Crippen LogP contribution in [0.3, 0.4) is 0 Å². The molecule has 0 aliphatic carbocycles. The van der Waals surface area contributed by atoms with Crippen molar-refractivity contribution in [3.63, 3.8) is 0 Å². The molecule has 3 N–H and O–H groups in total. The van der Waals surface area contributed by atoms with Gasteiger partial charge in [-0.15, -0.1) is 0 Å². The first-order chi connectivity index (χ1) is 11.1. The minimum atomic E-state index is -0.579. The fourth-order valence-corrected chi connectivity index (χ4v) is 2.98. The van der Waals surface area contributed by atoms with E-state index >= 15 is 0 Å². The topological polar surface area (TPSA) is 97.0 Å². The standard InChI is InChI=1S/C16H20N4O3/c17-15(21)13-9-12(23-19-13)10-18-16(22)14-7-4-8-20(14)11-5-2-1-3-6-11/h1-3,5-6,12,14H,4,7-10H2,(H2,17,21)(H,18,22)/t12-,14+/m0/s1. The number of rotatable bonds is 5. The van der Waals surface area contributed by atoms with Crippen LogP contribution in [0.2, 0.25) is 0 Å². The number of oxime groups is 1. The molecule has 2 atom stereocenters. The van der Waals surface area contributed by atoms with E-state index in [2.05, 4.69) is 15.4 Å². The van der Waals surface area contributed by atoms with E-state index in [1.165, 1.54) is 0 Å². The number of para-hydroxylation sites is 1. The van der Waals surface area contributed by atoms with Crippen molar-refractivity contribution in [1.82, 2.24) is 5.32 Å². The molecule has 122 valence electrons. The molecule has 0 spiro atoms.